The van der Waals surface area contributed by atoms with Gasteiger partial charge in [0.2, 0.25) is 17.7 Å². The second-order valence-electron chi connectivity index (χ2n) is 14.8. The number of rotatable bonds is 24. The minimum atomic E-state index is -1.84. The van der Waals surface area contributed by atoms with Gasteiger partial charge < -0.3 is 78.1 Å². The Morgan fingerprint density at radius 1 is 0.613 bits per heavy atom. The summed E-state index contributed by atoms with van der Waals surface area (Å²) in [6, 6.07) is -4.06. The lowest BCUT2D eigenvalue weighted by atomic mass is 9.93. The summed E-state index contributed by atoms with van der Waals surface area (Å²) in [7, 11) is 2.35. The van der Waals surface area contributed by atoms with Crippen LogP contribution in [0.4, 0.5) is 0 Å². The van der Waals surface area contributed by atoms with Crippen LogP contribution in [0.1, 0.15) is 87.0 Å². The fourth-order valence-electron chi connectivity index (χ4n) is 6.31. The summed E-state index contributed by atoms with van der Waals surface area (Å²) in [6.45, 7) is 7.07. The molecule has 0 aliphatic carbocycles. The van der Waals surface area contributed by atoms with Gasteiger partial charge in [-0.2, -0.15) is 0 Å². The first-order valence-electron chi connectivity index (χ1n) is 19.8. The van der Waals surface area contributed by atoms with E-state index < -0.39 is 141 Å². The number of esters is 4. The Balaban J connectivity index is 2.80. The lowest BCUT2D eigenvalue weighted by Crippen LogP contribution is -2.70. The number of methoxy groups -OCH3 is 2. The lowest BCUT2D eigenvalue weighted by Gasteiger charge is -2.50. The molecule has 0 spiro atoms. The number of aliphatic hydroxyl groups excluding tert-OH is 1. The van der Waals surface area contributed by atoms with Gasteiger partial charge in [0.25, 0.3) is 0 Å². The largest absolute Gasteiger partial charge is 0.467 e. The fourth-order valence-corrected chi connectivity index (χ4v) is 6.31. The maximum Gasteiger partial charge on any atom is 0.328 e. The van der Waals surface area contributed by atoms with Gasteiger partial charge in [0, 0.05) is 40.2 Å². The van der Waals surface area contributed by atoms with Crippen molar-refractivity contribution in [2.45, 2.75) is 160 Å². The topological polar surface area (TPSA) is 310 Å². The molecular weight excluding hydrogens is 830 g/mol. The highest BCUT2D eigenvalue weighted by Crippen LogP contribution is 2.34. The predicted octanol–water partition coefficient (Wildman–Crippen LogP) is -1.60. The van der Waals surface area contributed by atoms with E-state index in [2.05, 4.69) is 20.7 Å². The lowest BCUT2D eigenvalue weighted by molar-refractivity contribution is -0.336. The molecular formula is C39H59N3O20. The Hall–Kier alpha value is -4.94. The second-order valence-corrected chi connectivity index (χ2v) is 14.8. The van der Waals surface area contributed by atoms with Gasteiger partial charge in [-0.3, -0.25) is 28.8 Å². The van der Waals surface area contributed by atoms with Gasteiger partial charge in [-0.05, 0) is 34.6 Å². The first-order chi connectivity index (χ1) is 29.1. The number of carbonyl (C=O) groups is 10. The molecule has 0 radical (unpaired) electrons. The number of carbonyl (C=O) groups excluding carboxylic acids is 10. The van der Waals surface area contributed by atoms with Gasteiger partial charge in [0.15, 0.2) is 24.8 Å². The molecule has 0 saturated carbocycles. The van der Waals surface area contributed by atoms with E-state index in [1.54, 1.807) is 0 Å². The fraction of sp³-hybridized carbons (Fsp3) is 0.744. The Morgan fingerprint density at radius 3 is 1.56 bits per heavy atom. The standard InChI is InChI=1S/C39H59N3O20/c1-18(44)10-13-27(49)56-17-26-33(60-28(50)14-11-19(2)45)35(61-29(51)15-12-20(3)46)31(42-24(7)48)39(59-26)62-32-25(16-43)58-38(55-9)30(41-23(6)47)34(32)57-22(5)36(52)40-21(4)37(53)54-8/h21-22,25-26,30-35,38-39,43H,10-17H2,1-9H3,(H,40,52)(H,41,47)(H,42,48)/t21-,22+,25+,26+,30+,31+,32+,33+,34+,35+,38+,39-/m0/s1. The molecule has 4 N–H and O–H groups in total. The molecule has 23 heteroatoms. The van der Waals surface area contributed by atoms with Gasteiger partial charge in [-0.25, -0.2) is 4.79 Å². The molecule has 0 aromatic rings. The van der Waals surface area contributed by atoms with Crippen LogP contribution in [-0.4, -0.2) is 165 Å². The van der Waals surface area contributed by atoms with Crippen LogP contribution in [0.3, 0.4) is 0 Å². The van der Waals surface area contributed by atoms with Gasteiger partial charge in [-0.15, -0.1) is 0 Å². The zero-order valence-corrected chi connectivity index (χ0v) is 36.3. The van der Waals surface area contributed by atoms with Crippen molar-refractivity contribution >= 4 is 58.9 Å². The highest BCUT2D eigenvalue weighted by Gasteiger charge is 2.56. The molecule has 23 nitrogen and oxygen atoms in total. The van der Waals surface area contributed by atoms with E-state index in [9.17, 15) is 53.1 Å². The maximum atomic E-state index is 13.3. The Morgan fingerprint density at radius 2 is 1.10 bits per heavy atom. The van der Waals surface area contributed by atoms with Crippen molar-refractivity contribution < 1.29 is 95.7 Å². The number of amides is 3. The molecule has 2 fully saturated rings. The maximum absolute atomic E-state index is 13.3. The Kier molecular flexibility index (Phi) is 22.2. The number of ketones is 3. The number of ether oxygens (including phenoxy) is 9. The van der Waals surface area contributed by atoms with Crippen LogP contribution in [0.5, 0.6) is 0 Å². The number of hydrogen-bond donors (Lipinski definition) is 4. The molecule has 0 unspecified atom stereocenters. The van der Waals surface area contributed by atoms with Crippen LogP contribution in [0.15, 0.2) is 0 Å². The summed E-state index contributed by atoms with van der Waals surface area (Å²) in [5.41, 5.74) is 0. The Bertz CT molecular complexity index is 1620. The molecule has 12 atom stereocenters. The van der Waals surface area contributed by atoms with Crippen LogP contribution in [0, 0.1) is 0 Å². The van der Waals surface area contributed by atoms with Crippen LogP contribution in [0.2, 0.25) is 0 Å². The average molecular weight is 890 g/mol. The molecule has 3 amide bonds. The summed E-state index contributed by atoms with van der Waals surface area (Å²) in [5.74, 6) is -6.92. The van der Waals surface area contributed by atoms with Crippen LogP contribution in [-0.2, 0) is 90.6 Å². The summed E-state index contributed by atoms with van der Waals surface area (Å²) in [5, 5.41) is 18.2. The third-order valence-electron chi connectivity index (χ3n) is 9.37. The monoisotopic (exact) mass is 889 g/mol. The summed E-state index contributed by atoms with van der Waals surface area (Å²) < 4.78 is 52.0. The number of hydrogen-bond acceptors (Lipinski definition) is 20. The number of nitrogens with one attached hydrogen (secondary N) is 3. The van der Waals surface area contributed by atoms with Gasteiger partial charge in [0.1, 0.15) is 72.6 Å². The SMILES string of the molecule is COC(=O)[C@H](C)NC(=O)[C@@H](C)O[C@@H]1[C@@H](NC(C)=O)[C@H](OC)O[C@H](CO)[C@H]1O[C@@H]1O[C@H](COC(=O)CCC(C)=O)[C@@H](OC(=O)CCC(C)=O)[C@H](OC(=O)CCC(C)=O)[C@H]1NC(C)=O. The van der Waals surface area contributed by atoms with E-state index >= 15 is 0 Å². The molecule has 0 bridgehead atoms. The molecule has 0 aromatic carbocycles. The highest BCUT2D eigenvalue weighted by atomic mass is 16.7. The third-order valence-corrected chi connectivity index (χ3v) is 9.37. The molecule has 350 valence electrons. The molecule has 2 saturated heterocycles. The quantitative estimate of drug-likeness (QED) is 0.0626. The van der Waals surface area contributed by atoms with E-state index in [-0.39, 0.29) is 43.0 Å². The van der Waals surface area contributed by atoms with Crippen LogP contribution < -0.4 is 16.0 Å². The third kappa shape index (κ3) is 17.1. The normalized spacial score (nSPS) is 26.7. The molecule has 0 aromatic heterocycles. The van der Waals surface area contributed by atoms with E-state index in [0.717, 1.165) is 21.0 Å². The van der Waals surface area contributed by atoms with Crippen LogP contribution in [0.25, 0.3) is 0 Å². The van der Waals surface area contributed by atoms with Crippen molar-refractivity contribution in [3.63, 3.8) is 0 Å². The smallest absolute Gasteiger partial charge is 0.328 e. The van der Waals surface area contributed by atoms with Crippen molar-refractivity contribution in [2.75, 3.05) is 27.4 Å². The Labute approximate surface area is 358 Å². The van der Waals surface area contributed by atoms with E-state index in [1.807, 2.05) is 0 Å². The van der Waals surface area contributed by atoms with E-state index in [4.69, 9.17) is 37.9 Å². The summed E-state index contributed by atoms with van der Waals surface area (Å²) >= 11 is 0. The second kappa shape index (κ2) is 25.9. The summed E-state index contributed by atoms with van der Waals surface area (Å²) in [6.07, 6.45) is -16.2. The predicted molar refractivity (Wildman–Crippen MR) is 206 cm³/mol. The van der Waals surface area contributed by atoms with Gasteiger partial charge >= 0.3 is 23.9 Å². The highest BCUT2D eigenvalue weighted by molar-refractivity contribution is 5.86. The number of Topliss-reactive ketones (excluding diaryl/α,β-unsaturated/α-hetero) is 3. The van der Waals surface area contributed by atoms with E-state index in [0.29, 0.717) is 0 Å². The first-order valence-corrected chi connectivity index (χ1v) is 19.8. The minimum Gasteiger partial charge on any atom is -0.467 e. The van der Waals surface area contributed by atoms with Gasteiger partial charge in [0.05, 0.1) is 33.0 Å². The number of aliphatic hydroxyl groups is 1. The average Bonchev–Trinajstić information content (AvgIpc) is 3.19. The van der Waals surface area contributed by atoms with Crippen molar-refractivity contribution in [1.29, 1.82) is 0 Å². The van der Waals surface area contributed by atoms with Crippen molar-refractivity contribution in [1.82, 2.24) is 16.0 Å². The van der Waals surface area contributed by atoms with Crippen molar-refractivity contribution in [3.8, 4) is 0 Å². The van der Waals surface area contributed by atoms with E-state index in [1.165, 1.54) is 41.7 Å². The van der Waals surface area contributed by atoms with Crippen LogP contribution >= 0.6 is 0 Å². The van der Waals surface area contributed by atoms with Gasteiger partial charge in [-0.1, -0.05) is 0 Å². The van der Waals surface area contributed by atoms with Crippen molar-refractivity contribution in [3.05, 3.63) is 0 Å². The molecule has 2 aliphatic rings. The molecule has 2 rings (SSSR count). The zero-order valence-electron chi connectivity index (χ0n) is 36.3. The minimum absolute atomic E-state index is 0.178. The molecule has 62 heavy (non-hydrogen) atoms. The molecule has 2 heterocycles. The zero-order chi connectivity index (χ0) is 46.8. The summed E-state index contributed by atoms with van der Waals surface area (Å²) in [4.78, 5) is 125. The molecule has 2 aliphatic heterocycles. The first kappa shape index (κ1) is 53.2. The van der Waals surface area contributed by atoms with Crippen molar-refractivity contribution in [2.24, 2.45) is 0 Å².